The number of anilines is 2. The van der Waals surface area contributed by atoms with E-state index in [0.29, 0.717) is 0 Å². The lowest BCUT2D eigenvalue weighted by Crippen LogP contribution is -2.07. The van der Waals surface area contributed by atoms with Gasteiger partial charge in [0.2, 0.25) is 0 Å². The fourth-order valence-corrected chi connectivity index (χ4v) is 1.82. The van der Waals surface area contributed by atoms with Gasteiger partial charge in [0, 0.05) is 29.8 Å². The summed E-state index contributed by atoms with van der Waals surface area (Å²) in [5.41, 5.74) is 10.0. The zero-order chi connectivity index (χ0) is 12.3. The van der Waals surface area contributed by atoms with Gasteiger partial charge in [-0.3, -0.25) is 4.98 Å². The first-order chi connectivity index (χ1) is 8.16. The molecule has 0 saturated heterocycles. The average Bonchev–Trinajstić information content (AvgIpc) is 2.34. The zero-order valence-corrected chi connectivity index (χ0v) is 10.1. The number of aryl methyl sites for hydroxylation is 1. The number of nitrogens with one attached hydrogen (secondary N) is 1. The van der Waals surface area contributed by atoms with Crippen LogP contribution in [-0.2, 0) is 0 Å². The fraction of sp³-hybridized carbons (Fsp3) is 0.214. The Hall–Kier alpha value is -2.03. The van der Waals surface area contributed by atoms with E-state index in [1.165, 1.54) is 5.56 Å². The van der Waals surface area contributed by atoms with Gasteiger partial charge in [-0.1, -0.05) is 0 Å². The van der Waals surface area contributed by atoms with E-state index < -0.39 is 0 Å². The summed E-state index contributed by atoms with van der Waals surface area (Å²) in [6.07, 6.45) is 3.62. The molecule has 1 aromatic carbocycles. The molecule has 0 amide bonds. The standard InChI is InChI=1S/C14H17N3/c1-10-9-13(15)3-4-14(10)17-11(2)12-5-7-16-8-6-12/h3-9,11,17H,15H2,1-2H3. The molecule has 0 aliphatic carbocycles. The average molecular weight is 227 g/mol. The van der Waals surface area contributed by atoms with Gasteiger partial charge in [-0.2, -0.15) is 0 Å². The second-order valence-electron chi connectivity index (χ2n) is 4.22. The summed E-state index contributed by atoms with van der Waals surface area (Å²) < 4.78 is 0. The van der Waals surface area contributed by atoms with E-state index in [0.717, 1.165) is 16.9 Å². The largest absolute Gasteiger partial charge is 0.399 e. The van der Waals surface area contributed by atoms with Crippen LogP contribution in [0.4, 0.5) is 11.4 Å². The van der Waals surface area contributed by atoms with E-state index >= 15 is 0 Å². The lowest BCUT2D eigenvalue weighted by Gasteiger charge is -2.17. The van der Waals surface area contributed by atoms with Gasteiger partial charge < -0.3 is 11.1 Å². The van der Waals surface area contributed by atoms with E-state index in [1.54, 1.807) is 0 Å². The quantitative estimate of drug-likeness (QED) is 0.792. The van der Waals surface area contributed by atoms with Crippen molar-refractivity contribution in [3.05, 3.63) is 53.9 Å². The molecule has 0 aliphatic heterocycles. The molecule has 0 aliphatic rings. The van der Waals surface area contributed by atoms with E-state index in [4.69, 9.17) is 5.73 Å². The van der Waals surface area contributed by atoms with Crippen molar-refractivity contribution in [3.63, 3.8) is 0 Å². The Labute approximate surface area is 102 Å². The van der Waals surface area contributed by atoms with Crippen LogP contribution in [0.3, 0.4) is 0 Å². The van der Waals surface area contributed by atoms with Crippen LogP contribution >= 0.6 is 0 Å². The molecule has 88 valence electrons. The predicted molar refractivity (Wildman–Crippen MR) is 71.9 cm³/mol. The SMILES string of the molecule is Cc1cc(N)ccc1NC(C)c1ccncc1. The van der Waals surface area contributed by atoms with Gasteiger partial charge in [0.15, 0.2) is 0 Å². The van der Waals surface area contributed by atoms with Crippen LogP contribution in [0, 0.1) is 6.92 Å². The Morgan fingerprint density at radius 1 is 1.18 bits per heavy atom. The van der Waals surface area contributed by atoms with Gasteiger partial charge in [-0.15, -0.1) is 0 Å². The van der Waals surface area contributed by atoms with Gasteiger partial charge in [0.25, 0.3) is 0 Å². The summed E-state index contributed by atoms with van der Waals surface area (Å²) >= 11 is 0. The van der Waals surface area contributed by atoms with Gasteiger partial charge in [0.1, 0.15) is 0 Å². The third-order valence-corrected chi connectivity index (χ3v) is 2.83. The van der Waals surface area contributed by atoms with Crippen LogP contribution in [0.5, 0.6) is 0 Å². The van der Waals surface area contributed by atoms with E-state index in [-0.39, 0.29) is 6.04 Å². The summed E-state index contributed by atoms with van der Waals surface area (Å²) in [6.45, 7) is 4.18. The Balaban J connectivity index is 2.16. The number of rotatable bonds is 3. The first kappa shape index (κ1) is 11.5. The molecule has 0 saturated carbocycles. The molecule has 3 nitrogen and oxygen atoms in total. The molecule has 1 heterocycles. The number of nitrogens with two attached hydrogens (primary N) is 1. The van der Waals surface area contributed by atoms with Crippen molar-refractivity contribution in [3.8, 4) is 0 Å². The molecule has 1 aromatic heterocycles. The van der Waals surface area contributed by atoms with Gasteiger partial charge in [-0.05, 0) is 55.3 Å². The highest BCUT2D eigenvalue weighted by Gasteiger charge is 2.06. The topological polar surface area (TPSA) is 50.9 Å². The number of pyridine rings is 1. The van der Waals surface area contributed by atoms with Crippen LogP contribution in [-0.4, -0.2) is 4.98 Å². The van der Waals surface area contributed by atoms with Gasteiger partial charge in [-0.25, -0.2) is 0 Å². The molecule has 0 radical (unpaired) electrons. The zero-order valence-electron chi connectivity index (χ0n) is 10.1. The summed E-state index contributed by atoms with van der Waals surface area (Å²) in [7, 11) is 0. The Morgan fingerprint density at radius 2 is 1.88 bits per heavy atom. The third-order valence-electron chi connectivity index (χ3n) is 2.83. The highest BCUT2D eigenvalue weighted by molar-refractivity contribution is 5.58. The Morgan fingerprint density at radius 3 is 2.53 bits per heavy atom. The molecular formula is C14H17N3. The molecule has 3 heteroatoms. The van der Waals surface area contributed by atoms with Crippen LogP contribution in [0.25, 0.3) is 0 Å². The maximum absolute atomic E-state index is 5.73. The molecule has 2 aromatic rings. The van der Waals surface area contributed by atoms with Crippen molar-refractivity contribution in [2.45, 2.75) is 19.9 Å². The number of hydrogen-bond donors (Lipinski definition) is 2. The predicted octanol–water partition coefficient (Wildman–Crippen LogP) is 3.15. The van der Waals surface area contributed by atoms with Crippen LogP contribution in [0.15, 0.2) is 42.7 Å². The minimum atomic E-state index is 0.250. The second-order valence-corrected chi connectivity index (χ2v) is 4.22. The minimum absolute atomic E-state index is 0.250. The molecule has 0 spiro atoms. The van der Waals surface area contributed by atoms with Crippen molar-refractivity contribution in [2.75, 3.05) is 11.1 Å². The maximum atomic E-state index is 5.73. The number of aromatic nitrogens is 1. The molecule has 0 fully saturated rings. The molecule has 1 atom stereocenters. The van der Waals surface area contributed by atoms with Crippen LogP contribution in [0.1, 0.15) is 24.1 Å². The number of nitrogen functional groups attached to an aromatic ring is 1. The number of hydrogen-bond acceptors (Lipinski definition) is 3. The number of nitrogens with zero attached hydrogens (tertiary/aromatic N) is 1. The fourth-order valence-electron chi connectivity index (χ4n) is 1.82. The number of benzene rings is 1. The first-order valence-corrected chi connectivity index (χ1v) is 5.69. The van der Waals surface area contributed by atoms with Crippen molar-refractivity contribution in [1.82, 2.24) is 4.98 Å². The lowest BCUT2D eigenvalue weighted by atomic mass is 10.1. The van der Waals surface area contributed by atoms with Crippen molar-refractivity contribution >= 4 is 11.4 Å². The van der Waals surface area contributed by atoms with E-state index in [2.05, 4.69) is 24.1 Å². The van der Waals surface area contributed by atoms with Crippen molar-refractivity contribution < 1.29 is 0 Å². The summed E-state index contributed by atoms with van der Waals surface area (Å²) in [6, 6.07) is 10.2. The maximum Gasteiger partial charge on any atom is 0.0486 e. The second kappa shape index (κ2) is 4.87. The van der Waals surface area contributed by atoms with E-state index in [1.807, 2.05) is 42.7 Å². The van der Waals surface area contributed by atoms with Crippen LogP contribution < -0.4 is 11.1 Å². The van der Waals surface area contributed by atoms with Crippen molar-refractivity contribution in [1.29, 1.82) is 0 Å². The normalized spacial score (nSPS) is 12.1. The van der Waals surface area contributed by atoms with Crippen molar-refractivity contribution in [2.24, 2.45) is 0 Å². The van der Waals surface area contributed by atoms with E-state index in [9.17, 15) is 0 Å². The minimum Gasteiger partial charge on any atom is -0.399 e. The Kier molecular flexibility index (Phi) is 3.28. The highest BCUT2D eigenvalue weighted by Crippen LogP contribution is 2.23. The summed E-state index contributed by atoms with van der Waals surface area (Å²) in [4.78, 5) is 4.02. The smallest absolute Gasteiger partial charge is 0.0486 e. The first-order valence-electron chi connectivity index (χ1n) is 5.69. The third kappa shape index (κ3) is 2.75. The van der Waals surface area contributed by atoms with Gasteiger partial charge in [0.05, 0.1) is 0 Å². The molecule has 3 N–H and O–H groups in total. The highest BCUT2D eigenvalue weighted by atomic mass is 14.9. The molecule has 0 bridgehead atoms. The van der Waals surface area contributed by atoms with Gasteiger partial charge >= 0.3 is 0 Å². The summed E-state index contributed by atoms with van der Waals surface area (Å²) in [5.74, 6) is 0. The summed E-state index contributed by atoms with van der Waals surface area (Å²) in [5, 5.41) is 3.47. The Bertz CT molecular complexity index is 494. The monoisotopic (exact) mass is 227 g/mol. The molecular weight excluding hydrogens is 210 g/mol. The molecule has 1 unspecified atom stereocenters. The van der Waals surface area contributed by atoms with Crippen LogP contribution in [0.2, 0.25) is 0 Å². The molecule has 2 rings (SSSR count). The lowest BCUT2D eigenvalue weighted by molar-refractivity contribution is 0.879. The molecule has 17 heavy (non-hydrogen) atoms.